The smallest absolute Gasteiger partial charge is 0.313 e. The van der Waals surface area contributed by atoms with Crippen molar-refractivity contribution in [2.75, 3.05) is 6.61 Å². The minimum absolute atomic E-state index is 0.00553. The first-order valence-electron chi connectivity index (χ1n) is 8.52. The van der Waals surface area contributed by atoms with Gasteiger partial charge < -0.3 is 9.79 Å². The first-order valence-corrected chi connectivity index (χ1v) is 11.8. The van der Waals surface area contributed by atoms with E-state index in [1.807, 2.05) is 6.92 Å². The van der Waals surface area contributed by atoms with E-state index in [-0.39, 0.29) is 50.3 Å². The highest BCUT2D eigenvalue weighted by Crippen LogP contribution is 2.36. The Hall–Kier alpha value is -0.440. The van der Waals surface area contributed by atoms with E-state index in [0.717, 1.165) is 19.3 Å². The minimum Gasteiger partial charge on any atom is -0.313 e. The van der Waals surface area contributed by atoms with E-state index in [1.54, 1.807) is 0 Å². The van der Waals surface area contributed by atoms with Gasteiger partial charge in [-0.05, 0) is 19.3 Å². The molecule has 12 heteroatoms. The SMILES string of the molecule is CCCCCC(=O)CCC(=O)CC(CCCOP(N)(=O)O)OP(N)(=O)O. The van der Waals surface area contributed by atoms with Crippen LogP contribution in [0.5, 0.6) is 0 Å². The summed E-state index contributed by atoms with van der Waals surface area (Å²) in [7, 11) is -8.41. The maximum atomic E-state index is 12.0. The Labute approximate surface area is 153 Å². The highest BCUT2D eigenvalue weighted by molar-refractivity contribution is 7.50. The zero-order valence-corrected chi connectivity index (χ0v) is 16.8. The lowest BCUT2D eigenvalue weighted by molar-refractivity contribution is -0.125. The molecule has 10 nitrogen and oxygen atoms in total. The van der Waals surface area contributed by atoms with E-state index in [2.05, 4.69) is 4.52 Å². The molecule has 26 heavy (non-hydrogen) atoms. The third-order valence-corrected chi connectivity index (χ3v) is 4.60. The molecule has 3 unspecified atom stereocenters. The molecule has 0 bridgehead atoms. The Morgan fingerprint density at radius 3 is 2.12 bits per heavy atom. The van der Waals surface area contributed by atoms with Gasteiger partial charge in [-0.1, -0.05) is 19.8 Å². The van der Waals surface area contributed by atoms with Crippen molar-refractivity contribution < 1.29 is 37.6 Å². The number of Topliss-reactive ketones (excluding diaryl/α,β-unsaturated/α-hetero) is 2. The number of carbonyl (C=O) groups is 2. The second kappa shape index (κ2) is 12.9. The third kappa shape index (κ3) is 17.0. The van der Waals surface area contributed by atoms with Crippen LogP contribution < -0.4 is 11.0 Å². The quantitative estimate of drug-likeness (QED) is 0.215. The van der Waals surface area contributed by atoms with Gasteiger partial charge in [-0.3, -0.25) is 18.6 Å². The summed E-state index contributed by atoms with van der Waals surface area (Å²) in [4.78, 5) is 41.6. The van der Waals surface area contributed by atoms with Gasteiger partial charge in [0.15, 0.2) is 0 Å². The number of rotatable bonds is 16. The predicted molar refractivity (Wildman–Crippen MR) is 96.1 cm³/mol. The molecule has 0 fully saturated rings. The molecule has 0 saturated heterocycles. The van der Waals surface area contributed by atoms with Gasteiger partial charge in [0.05, 0.1) is 12.7 Å². The lowest BCUT2D eigenvalue weighted by atomic mass is 10.0. The molecule has 0 aliphatic heterocycles. The molecule has 0 aromatic rings. The molecule has 0 spiro atoms. The number of ketones is 2. The summed E-state index contributed by atoms with van der Waals surface area (Å²) < 4.78 is 31.3. The number of nitrogens with two attached hydrogens (primary N) is 2. The molecule has 0 rings (SSSR count). The minimum atomic E-state index is -4.30. The highest BCUT2D eigenvalue weighted by atomic mass is 31.2. The van der Waals surface area contributed by atoms with Crippen LogP contribution in [0, 0.1) is 0 Å². The molecular formula is C14H30N2O8P2. The van der Waals surface area contributed by atoms with E-state index in [4.69, 9.17) is 25.3 Å². The van der Waals surface area contributed by atoms with E-state index in [1.165, 1.54) is 0 Å². The van der Waals surface area contributed by atoms with Crippen molar-refractivity contribution >= 4 is 27.1 Å². The Bertz CT molecular complexity index is 531. The van der Waals surface area contributed by atoms with Crippen molar-refractivity contribution in [1.82, 2.24) is 0 Å². The van der Waals surface area contributed by atoms with Crippen molar-refractivity contribution in [2.45, 2.75) is 70.8 Å². The fourth-order valence-corrected chi connectivity index (χ4v) is 3.24. The summed E-state index contributed by atoms with van der Waals surface area (Å²) in [6.45, 7) is 1.85. The molecule has 0 aliphatic rings. The molecule has 0 aromatic carbocycles. The summed E-state index contributed by atoms with van der Waals surface area (Å²) in [6.07, 6.45) is 2.46. The first kappa shape index (κ1) is 25.6. The lowest BCUT2D eigenvalue weighted by Crippen LogP contribution is -2.20. The molecule has 0 aromatic heterocycles. The fourth-order valence-electron chi connectivity index (χ4n) is 2.24. The first-order chi connectivity index (χ1) is 11.9. The summed E-state index contributed by atoms with van der Waals surface area (Å²) in [5.74, 6) is -0.286. The molecule has 3 atom stereocenters. The summed E-state index contributed by atoms with van der Waals surface area (Å²) in [5.41, 5.74) is 9.78. The predicted octanol–water partition coefficient (Wildman–Crippen LogP) is 2.18. The van der Waals surface area contributed by atoms with Crippen LogP contribution in [0.2, 0.25) is 0 Å². The summed E-state index contributed by atoms with van der Waals surface area (Å²) >= 11 is 0. The summed E-state index contributed by atoms with van der Waals surface area (Å²) in [6, 6.07) is 0. The van der Waals surface area contributed by atoms with Gasteiger partial charge in [0.1, 0.15) is 11.6 Å². The average Bonchev–Trinajstić information content (AvgIpc) is 2.47. The molecule has 0 aliphatic carbocycles. The van der Waals surface area contributed by atoms with Gasteiger partial charge in [0.25, 0.3) is 0 Å². The normalized spacial score (nSPS) is 17.3. The maximum absolute atomic E-state index is 12.0. The summed E-state index contributed by atoms with van der Waals surface area (Å²) in [5, 5.41) is 0. The third-order valence-electron chi connectivity index (χ3n) is 3.44. The fraction of sp³-hybridized carbons (Fsp3) is 0.857. The van der Waals surface area contributed by atoms with Crippen molar-refractivity contribution in [2.24, 2.45) is 11.0 Å². The van der Waals surface area contributed by atoms with Crippen LogP contribution in [-0.4, -0.2) is 34.1 Å². The molecule has 154 valence electrons. The number of carbonyl (C=O) groups excluding carboxylic acids is 2. The van der Waals surface area contributed by atoms with E-state index in [0.29, 0.717) is 6.42 Å². The Balaban J connectivity index is 4.34. The van der Waals surface area contributed by atoms with Crippen LogP contribution in [0.3, 0.4) is 0 Å². The molecule has 0 saturated carbocycles. The topological polar surface area (TPSA) is 179 Å². The number of unbranched alkanes of at least 4 members (excludes halogenated alkanes) is 2. The maximum Gasteiger partial charge on any atom is 0.400 e. The zero-order chi connectivity index (χ0) is 20.2. The van der Waals surface area contributed by atoms with Crippen LogP contribution >= 0.6 is 15.5 Å². The molecule has 0 heterocycles. The molecular weight excluding hydrogens is 386 g/mol. The number of hydrogen-bond acceptors (Lipinski definition) is 6. The van der Waals surface area contributed by atoms with Crippen LogP contribution in [0.4, 0.5) is 0 Å². The largest absolute Gasteiger partial charge is 0.400 e. The van der Waals surface area contributed by atoms with E-state index < -0.39 is 21.6 Å². The van der Waals surface area contributed by atoms with Crippen LogP contribution in [0.25, 0.3) is 0 Å². The monoisotopic (exact) mass is 416 g/mol. The van der Waals surface area contributed by atoms with Crippen molar-refractivity contribution in [3.63, 3.8) is 0 Å². The molecule has 0 radical (unpaired) electrons. The van der Waals surface area contributed by atoms with Gasteiger partial charge in [-0.15, -0.1) is 0 Å². The Kier molecular flexibility index (Phi) is 12.6. The van der Waals surface area contributed by atoms with Crippen LogP contribution in [-0.2, 0) is 27.8 Å². The van der Waals surface area contributed by atoms with Crippen molar-refractivity contribution in [3.8, 4) is 0 Å². The van der Waals surface area contributed by atoms with Gasteiger partial charge in [-0.25, -0.2) is 20.1 Å². The average molecular weight is 416 g/mol. The van der Waals surface area contributed by atoms with Crippen LogP contribution in [0.15, 0.2) is 0 Å². The molecule has 6 N–H and O–H groups in total. The Morgan fingerprint density at radius 2 is 1.58 bits per heavy atom. The zero-order valence-electron chi connectivity index (χ0n) is 15.0. The molecule has 0 amide bonds. The number of hydrogen-bond donors (Lipinski definition) is 4. The highest BCUT2D eigenvalue weighted by Gasteiger charge is 2.23. The lowest BCUT2D eigenvalue weighted by Gasteiger charge is -2.18. The second-order valence-corrected chi connectivity index (χ2v) is 8.80. The van der Waals surface area contributed by atoms with Crippen molar-refractivity contribution in [3.05, 3.63) is 0 Å². The van der Waals surface area contributed by atoms with Gasteiger partial charge in [0.2, 0.25) is 0 Å². The second-order valence-electron chi connectivity index (χ2n) is 6.07. The van der Waals surface area contributed by atoms with Crippen LogP contribution in [0.1, 0.15) is 64.7 Å². The van der Waals surface area contributed by atoms with Crippen molar-refractivity contribution in [1.29, 1.82) is 0 Å². The van der Waals surface area contributed by atoms with E-state index >= 15 is 0 Å². The van der Waals surface area contributed by atoms with Gasteiger partial charge in [0, 0.05) is 25.7 Å². The van der Waals surface area contributed by atoms with E-state index in [9.17, 15) is 18.7 Å². The van der Waals surface area contributed by atoms with Gasteiger partial charge >= 0.3 is 15.5 Å². The standard InChI is InChI=1S/C14H30N2O8P2/c1-2-3-4-6-12(17)8-9-13(18)11-14(24-26(16,21)22)7-5-10-23-25(15,19)20/h14H,2-11H2,1H3,(H3,15,19,20)(H3,16,21,22). The van der Waals surface area contributed by atoms with Gasteiger partial charge in [-0.2, -0.15) is 0 Å². The Morgan fingerprint density at radius 1 is 0.962 bits per heavy atom.